The topological polar surface area (TPSA) is 59.7 Å². The van der Waals surface area contributed by atoms with Gasteiger partial charge in [-0.2, -0.15) is 0 Å². The minimum Gasteiger partial charge on any atom is -0.463 e. The van der Waals surface area contributed by atoms with Crippen LogP contribution in [0.15, 0.2) is 16.5 Å². The van der Waals surface area contributed by atoms with Crippen molar-refractivity contribution >= 4 is 5.97 Å². The summed E-state index contributed by atoms with van der Waals surface area (Å²) in [6, 6.07) is 3.21. The van der Waals surface area contributed by atoms with E-state index in [1.807, 2.05) is 6.92 Å². The monoisotopic (exact) mass is 224 g/mol. The predicted octanol–water partition coefficient (Wildman–Crippen LogP) is 2.07. The van der Waals surface area contributed by atoms with Crippen LogP contribution in [-0.4, -0.2) is 18.2 Å². The van der Waals surface area contributed by atoms with E-state index in [9.17, 15) is 9.90 Å². The number of methoxy groups -OCH3 is 1. The summed E-state index contributed by atoms with van der Waals surface area (Å²) >= 11 is 0. The summed E-state index contributed by atoms with van der Waals surface area (Å²) in [4.78, 5) is 11.2. The van der Waals surface area contributed by atoms with Gasteiger partial charge < -0.3 is 14.3 Å². The molecule has 1 aromatic heterocycles. The molecule has 1 aliphatic carbocycles. The third-order valence-electron chi connectivity index (χ3n) is 3.43. The van der Waals surface area contributed by atoms with E-state index in [-0.39, 0.29) is 11.7 Å². The Bertz CT molecular complexity index is 395. The van der Waals surface area contributed by atoms with E-state index in [0.717, 1.165) is 12.8 Å². The number of aliphatic hydroxyl groups is 1. The summed E-state index contributed by atoms with van der Waals surface area (Å²) in [5, 5.41) is 10.5. The largest absolute Gasteiger partial charge is 0.463 e. The number of hydrogen-bond acceptors (Lipinski definition) is 4. The van der Waals surface area contributed by atoms with Crippen molar-refractivity contribution in [1.29, 1.82) is 0 Å². The van der Waals surface area contributed by atoms with Crippen LogP contribution in [0.5, 0.6) is 0 Å². The van der Waals surface area contributed by atoms with Crippen LogP contribution < -0.4 is 0 Å². The Hall–Kier alpha value is -1.29. The highest BCUT2D eigenvalue weighted by atomic mass is 16.5. The first kappa shape index (κ1) is 11.2. The zero-order chi connectivity index (χ0) is 11.8. The molecule has 4 nitrogen and oxygen atoms in total. The fourth-order valence-electron chi connectivity index (χ4n) is 2.31. The van der Waals surface area contributed by atoms with Crippen LogP contribution >= 0.6 is 0 Å². The van der Waals surface area contributed by atoms with Crippen molar-refractivity contribution in [2.45, 2.75) is 31.8 Å². The zero-order valence-corrected chi connectivity index (χ0v) is 9.53. The molecule has 1 aromatic rings. The highest BCUT2D eigenvalue weighted by molar-refractivity contribution is 5.86. The Morgan fingerprint density at radius 3 is 2.94 bits per heavy atom. The number of furan rings is 1. The quantitative estimate of drug-likeness (QED) is 0.781. The molecule has 0 aromatic carbocycles. The van der Waals surface area contributed by atoms with Gasteiger partial charge in [0.25, 0.3) is 0 Å². The number of carbonyl (C=O) groups excluding carboxylic acids is 1. The summed E-state index contributed by atoms with van der Waals surface area (Å²) in [6.07, 6.45) is 2.64. The van der Waals surface area contributed by atoms with Crippen LogP contribution in [0.25, 0.3) is 0 Å². The molecular weight excluding hydrogens is 208 g/mol. The van der Waals surface area contributed by atoms with Gasteiger partial charge in [-0.25, -0.2) is 4.79 Å². The third-order valence-corrected chi connectivity index (χ3v) is 3.43. The van der Waals surface area contributed by atoms with Gasteiger partial charge in [0.15, 0.2) is 0 Å². The zero-order valence-electron chi connectivity index (χ0n) is 9.53. The maximum Gasteiger partial charge on any atom is 0.373 e. The first-order chi connectivity index (χ1) is 7.58. The first-order valence-corrected chi connectivity index (χ1v) is 5.49. The highest BCUT2D eigenvalue weighted by Gasteiger charge is 2.42. The van der Waals surface area contributed by atoms with Gasteiger partial charge in [-0.15, -0.1) is 0 Å². The van der Waals surface area contributed by atoms with Gasteiger partial charge in [0.05, 0.1) is 7.11 Å². The highest BCUT2D eigenvalue weighted by Crippen LogP contribution is 2.43. The average molecular weight is 224 g/mol. The third kappa shape index (κ3) is 1.63. The second kappa shape index (κ2) is 3.94. The number of esters is 1. The lowest BCUT2D eigenvalue weighted by atomic mass is 9.90. The molecule has 0 saturated heterocycles. The average Bonchev–Trinajstić information content (AvgIpc) is 2.87. The second-order valence-electron chi connectivity index (χ2n) is 4.37. The smallest absolute Gasteiger partial charge is 0.373 e. The van der Waals surface area contributed by atoms with E-state index in [4.69, 9.17) is 4.42 Å². The van der Waals surface area contributed by atoms with Gasteiger partial charge >= 0.3 is 5.97 Å². The Labute approximate surface area is 94.2 Å². The van der Waals surface area contributed by atoms with Crippen LogP contribution in [0.3, 0.4) is 0 Å². The summed E-state index contributed by atoms with van der Waals surface area (Å²) < 4.78 is 9.93. The predicted molar refractivity (Wildman–Crippen MR) is 57.0 cm³/mol. The fraction of sp³-hybridized carbons (Fsp3) is 0.583. The molecule has 0 aliphatic heterocycles. The van der Waals surface area contributed by atoms with E-state index in [0.29, 0.717) is 12.2 Å². The summed E-state index contributed by atoms with van der Waals surface area (Å²) in [5.74, 6) is 0.257. The van der Waals surface area contributed by atoms with Gasteiger partial charge in [-0.3, -0.25) is 0 Å². The van der Waals surface area contributed by atoms with Crippen molar-refractivity contribution in [2.75, 3.05) is 7.11 Å². The molecule has 1 aliphatic rings. The molecule has 0 spiro atoms. The minimum absolute atomic E-state index is 0.144. The molecule has 1 saturated carbocycles. The second-order valence-corrected chi connectivity index (χ2v) is 4.37. The molecular formula is C12H16O4. The van der Waals surface area contributed by atoms with E-state index >= 15 is 0 Å². The molecule has 0 bridgehead atoms. The lowest BCUT2D eigenvalue weighted by Crippen LogP contribution is -2.27. The molecule has 2 atom stereocenters. The van der Waals surface area contributed by atoms with Crippen molar-refractivity contribution in [3.8, 4) is 0 Å². The summed E-state index contributed by atoms with van der Waals surface area (Å²) in [6.45, 7) is 1.99. The molecule has 88 valence electrons. The minimum atomic E-state index is -0.924. The van der Waals surface area contributed by atoms with Crippen LogP contribution in [0.1, 0.15) is 42.5 Å². The van der Waals surface area contributed by atoms with E-state index < -0.39 is 11.6 Å². The standard InChI is InChI=1S/C12H16O4/c1-8-4-3-7-12(8,14)10-6-5-9(16-10)11(13)15-2/h5-6,8,14H,3-4,7H2,1-2H3. The number of ether oxygens (including phenoxy) is 1. The van der Waals surface area contributed by atoms with Gasteiger partial charge in [-0.05, 0) is 37.3 Å². The Kier molecular flexibility index (Phi) is 2.76. The molecule has 2 rings (SSSR count). The van der Waals surface area contributed by atoms with Crippen molar-refractivity contribution in [2.24, 2.45) is 5.92 Å². The van der Waals surface area contributed by atoms with Gasteiger partial charge in [0, 0.05) is 0 Å². The molecule has 1 heterocycles. The van der Waals surface area contributed by atoms with Crippen LogP contribution in [0.4, 0.5) is 0 Å². The number of rotatable bonds is 2. The molecule has 2 unspecified atom stereocenters. The van der Waals surface area contributed by atoms with Crippen molar-refractivity contribution in [1.82, 2.24) is 0 Å². The van der Waals surface area contributed by atoms with Crippen molar-refractivity contribution in [3.05, 3.63) is 23.7 Å². The van der Waals surface area contributed by atoms with Crippen LogP contribution in [0.2, 0.25) is 0 Å². The molecule has 16 heavy (non-hydrogen) atoms. The van der Waals surface area contributed by atoms with Crippen LogP contribution in [0, 0.1) is 5.92 Å². The van der Waals surface area contributed by atoms with Gasteiger partial charge in [0.1, 0.15) is 11.4 Å². The first-order valence-electron chi connectivity index (χ1n) is 5.49. The van der Waals surface area contributed by atoms with Crippen LogP contribution in [-0.2, 0) is 10.3 Å². The maximum atomic E-state index is 11.2. The van der Waals surface area contributed by atoms with E-state index in [1.54, 1.807) is 12.1 Å². The molecule has 1 N–H and O–H groups in total. The lowest BCUT2D eigenvalue weighted by Gasteiger charge is -2.24. The van der Waals surface area contributed by atoms with E-state index in [2.05, 4.69) is 4.74 Å². The van der Waals surface area contributed by atoms with Crippen molar-refractivity contribution in [3.63, 3.8) is 0 Å². The fourth-order valence-corrected chi connectivity index (χ4v) is 2.31. The number of carbonyl (C=O) groups is 1. The summed E-state index contributed by atoms with van der Waals surface area (Å²) in [7, 11) is 1.30. The Morgan fingerprint density at radius 1 is 1.62 bits per heavy atom. The molecule has 4 heteroatoms. The number of hydrogen-bond donors (Lipinski definition) is 1. The van der Waals surface area contributed by atoms with Crippen molar-refractivity contribution < 1.29 is 19.1 Å². The molecule has 0 amide bonds. The van der Waals surface area contributed by atoms with E-state index in [1.165, 1.54) is 7.11 Å². The van der Waals surface area contributed by atoms with Gasteiger partial charge in [-0.1, -0.05) is 6.92 Å². The maximum absolute atomic E-state index is 11.2. The van der Waals surface area contributed by atoms with Gasteiger partial charge in [0.2, 0.25) is 5.76 Å². The normalized spacial score (nSPS) is 29.3. The SMILES string of the molecule is COC(=O)c1ccc(C2(O)CCCC2C)o1. The Morgan fingerprint density at radius 2 is 2.38 bits per heavy atom. The molecule has 0 radical (unpaired) electrons. The summed E-state index contributed by atoms with van der Waals surface area (Å²) in [5.41, 5.74) is -0.924. The lowest BCUT2D eigenvalue weighted by molar-refractivity contribution is -0.0168. The molecule has 1 fully saturated rings. The Balaban J connectivity index is 2.28.